The zero-order valence-corrected chi connectivity index (χ0v) is 24.1. The van der Waals surface area contributed by atoms with Crippen LogP contribution in [0.2, 0.25) is 0 Å². The number of imidazole rings is 1. The van der Waals surface area contributed by atoms with E-state index >= 15 is 0 Å². The molecule has 6 rings (SSSR count). The minimum absolute atomic E-state index is 0.0718. The Balaban J connectivity index is 1.32. The Morgan fingerprint density at radius 1 is 1.15 bits per heavy atom. The molecule has 3 aliphatic rings. The van der Waals surface area contributed by atoms with Gasteiger partial charge in [-0.05, 0) is 87.8 Å². The molecule has 2 aliphatic carbocycles. The molecule has 0 aromatic carbocycles. The number of aliphatic hydroxyl groups is 1. The lowest BCUT2D eigenvalue weighted by molar-refractivity contribution is -0.136. The van der Waals surface area contributed by atoms with Crippen LogP contribution in [-0.4, -0.2) is 52.4 Å². The number of piperidine rings is 1. The average Bonchev–Trinajstić information content (AvgIpc) is 3.45. The summed E-state index contributed by atoms with van der Waals surface area (Å²) in [5, 5.41) is 19.0. The summed E-state index contributed by atoms with van der Waals surface area (Å²) in [6.45, 7) is 6.12. The Bertz CT molecular complexity index is 1450. The molecule has 2 unspecified atom stereocenters. The number of aryl methyl sites for hydroxylation is 1. The summed E-state index contributed by atoms with van der Waals surface area (Å²) in [4.78, 5) is 15.9. The molecule has 8 nitrogen and oxygen atoms in total. The molecule has 3 aromatic heterocycles. The van der Waals surface area contributed by atoms with E-state index in [1.165, 1.54) is 16.7 Å². The first kappa shape index (κ1) is 28.5. The number of pyridine rings is 1. The molecule has 0 radical (unpaired) electrons. The lowest BCUT2D eigenvalue weighted by Gasteiger charge is -2.48. The van der Waals surface area contributed by atoms with Crippen LogP contribution >= 0.6 is 0 Å². The Morgan fingerprint density at radius 3 is 2.59 bits per heavy atom. The lowest BCUT2D eigenvalue weighted by Crippen LogP contribution is -2.46. The van der Waals surface area contributed by atoms with E-state index < -0.39 is 23.0 Å². The Morgan fingerprint density at radius 2 is 1.93 bits per heavy atom. The van der Waals surface area contributed by atoms with Gasteiger partial charge in [0.25, 0.3) is 0 Å². The summed E-state index contributed by atoms with van der Waals surface area (Å²) in [6.07, 6.45) is 6.90. The molecule has 1 aliphatic heterocycles. The van der Waals surface area contributed by atoms with Crippen LogP contribution in [0.3, 0.4) is 0 Å². The molecule has 0 bridgehead atoms. The predicted octanol–water partition coefficient (Wildman–Crippen LogP) is 5.16. The zero-order chi connectivity index (χ0) is 29.1. The van der Waals surface area contributed by atoms with Crippen molar-refractivity contribution >= 4 is 5.52 Å². The number of nitrogens with zero attached hydrogens (tertiary/aromatic N) is 6. The second kappa shape index (κ2) is 10.6. The van der Waals surface area contributed by atoms with Crippen LogP contribution < -0.4 is 5.69 Å². The largest absolute Gasteiger partial charge is 0.418 e. The standard InChI is InChI=1S/C30H41F3N6O2/c1-19-6-5-9-37(14-19)15-20-10-24(30(31,32)33)25-17-38(28(40)39(25)16-20)23-8-4-7-21(11-23)26(22-12-29(2,41)13-22)27-35-34-18-36(27)3/h10,16-19,21-23,26,41H,4-9,11-15H2,1-3H3/t19-,21?,22?,23?,26-,29?/m0/s1. The van der Waals surface area contributed by atoms with Gasteiger partial charge in [0, 0.05) is 44.5 Å². The minimum Gasteiger partial charge on any atom is -0.390 e. The SMILES string of the molecule is C[C@H]1CCCN(Cc2cc(C(F)(F)F)c3cn(C4CCCC([C@H](c5nncn5C)C5CC(C)(O)C5)C4)c(=O)n3c2)C1. The summed E-state index contributed by atoms with van der Waals surface area (Å²) >= 11 is 0. The first-order valence-corrected chi connectivity index (χ1v) is 15.0. The van der Waals surface area contributed by atoms with Crippen LogP contribution in [0.4, 0.5) is 13.2 Å². The summed E-state index contributed by atoms with van der Waals surface area (Å²) in [5.74, 6) is 1.89. The molecule has 0 spiro atoms. The van der Waals surface area contributed by atoms with Gasteiger partial charge < -0.3 is 9.67 Å². The van der Waals surface area contributed by atoms with Crippen LogP contribution in [0.5, 0.6) is 0 Å². The topological polar surface area (TPSA) is 80.6 Å². The highest BCUT2D eigenvalue weighted by Gasteiger charge is 2.47. The number of aromatic nitrogens is 5. The van der Waals surface area contributed by atoms with Gasteiger partial charge >= 0.3 is 11.9 Å². The van der Waals surface area contributed by atoms with E-state index in [1.54, 1.807) is 17.1 Å². The maximum absolute atomic E-state index is 14.3. The van der Waals surface area contributed by atoms with Crippen molar-refractivity contribution in [3.8, 4) is 0 Å². The molecule has 4 heterocycles. The summed E-state index contributed by atoms with van der Waals surface area (Å²) in [5.41, 5.74) is -1.42. The highest BCUT2D eigenvalue weighted by molar-refractivity contribution is 5.56. The summed E-state index contributed by atoms with van der Waals surface area (Å²) in [7, 11) is 1.92. The number of hydrogen-bond acceptors (Lipinski definition) is 5. The van der Waals surface area contributed by atoms with E-state index in [9.17, 15) is 23.1 Å². The average molecular weight is 575 g/mol. The fourth-order valence-corrected chi connectivity index (χ4v) is 8.03. The van der Waals surface area contributed by atoms with E-state index in [1.807, 2.05) is 18.5 Å². The highest BCUT2D eigenvalue weighted by atomic mass is 19.4. The highest BCUT2D eigenvalue weighted by Crippen LogP contribution is 2.52. The van der Waals surface area contributed by atoms with Crippen molar-refractivity contribution in [1.82, 2.24) is 28.6 Å². The molecular weight excluding hydrogens is 533 g/mol. The molecule has 4 atom stereocenters. The van der Waals surface area contributed by atoms with Gasteiger partial charge in [0.1, 0.15) is 12.2 Å². The lowest BCUT2D eigenvalue weighted by atomic mass is 9.60. The number of alkyl halides is 3. The van der Waals surface area contributed by atoms with Crippen LogP contribution in [0.1, 0.15) is 94.1 Å². The number of hydrogen-bond donors (Lipinski definition) is 1. The van der Waals surface area contributed by atoms with E-state index in [2.05, 4.69) is 22.0 Å². The van der Waals surface area contributed by atoms with Gasteiger partial charge in [-0.2, -0.15) is 13.2 Å². The van der Waals surface area contributed by atoms with Crippen molar-refractivity contribution in [2.75, 3.05) is 13.1 Å². The monoisotopic (exact) mass is 574 g/mol. The summed E-state index contributed by atoms with van der Waals surface area (Å²) in [6, 6.07) is 1.03. The van der Waals surface area contributed by atoms with Crippen molar-refractivity contribution in [3.05, 3.63) is 52.2 Å². The zero-order valence-electron chi connectivity index (χ0n) is 24.1. The van der Waals surface area contributed by atoms with Crippen LogP contribution in [0, 0.1) is 17.8 Å². The third-order valence-electron chi connectivity index (χ3n) is 9.85. The molecule has 1 N–H and O–H groups in total. The van der Waals surface area contributed by atoms with Gasteiger partial charge in [0.05, 0.1) is 16.7 Å². The summed E-state index contributed by atoms with van der Waals surface area (Å²) < 4.78 is 47.6. The van der Waals surface area contributed by atoms with Crippen LogP contribution in [0.25, 0.3) is 5.52 Å². The Hall–Kier alpha value is -2.66. The number of halogens is 3. The number of rotatable bonds is 6. The predicted molar refractivity (Wildman–Crippen MR) is 148 cm³/mol. The molecule has 3 aromatic rings. The molecule has 11 heteroatoms. The minimum atomic E-state index is -4.57. The fourth-order valence-electron chi connectivity index (χ4n) is 8.03. The normalized spacial score (nSPS) is 30.4. The molecule has 0 amide bonds. The van der Waals surface area contributed by atoms with E-state index in [4.69, 9.17) is 0 Å². The third-order valence-corrected chi connectivity index (χ3v) is 9.85. The van der Waals surface area contributed by atoms with Gasteiger partial charge in [-0.15, -0.1) is 10.2 Å². The smallest absolute Gasteiger partial charge is 0.390 e. The first-order chi connectivity index (χ1) is 19.4. The molecule has 2 saturated carbocycles. The third kappa shape index (κ3) is 5.59. The Kier molecular flexibility index (Phi) is 7.33. The van der Waals surface area contributed by atoms with Crippen molar-refractivity contribution in [2.24, 2.45) is 24.8 Å². The van der Waals surface area contributed by atoms with Crippen molar-refractivity contribution in [2.45, 2.75) is 95.5 Å². The van der Waals surface area contributed by atoms with Crippen LogP contribution in [0.15, 0.2) is 29.6 Å². The van der Waals surface area contributed by atoms with Gasteiger partial charge in [-0.25, -0.2) is 4.79 Å². The maximum Gasteiger partial charge on any atom is 0.418 e. The van der Waals surface area contributed by atoms with Crippen LogP contribution in [-0.2, 0) is 19.8 Å². The maximum atomic E-state index is 14.3. The Labute approximate surface area is 238 Å². The molecule has 1 saturated heterocycles. The van der Waals surface area contributed by atoms with E-state index in [0.717, 1.165) is 51.0 Å². The van der Waals surface area contributed by atoms with Crippen molar-refractivity contribution in [3.63, 3.8) is 0 Å². The number of fused-ring (bicyclic) bond motifs is 1. The molecular formula is C30H41F3N6O2. The first-order valence-electron chi connectivity index (χ1n) is 15.0. The van der Waals surface area contributed by atoms with Gasteiger partial charge in [-0.1, -0.05) is 13.3 Å². The number of likely N-dealkylation sites (tertiary alicyclic amines) is 1. The second-order valence-electron chi connectivity index (χ2n) is 13.4. The quantitative estimate of drug-likeness (QED) is 0.440. The molecule has 224 valence electrons. The fraction of sp³-hybridized carbons (Fsp3) is 0.700. The van der Waals surface area contributed by atoms with E-state index in [-0.39, 0.29) is 29.3 Å². The second-order valence-corrected chi connectivity index (χ2v) is 13.4. The van der Waals surface area contributed by atoms with Gasteiger partial charge in [0.15, 0.2) is 0 Å². The van der Waals surface area contributed by atoms with Gasteiger partial charge in [-0.3, -0.25) is 13.9 Å². The van der Waals surface area contributed by atoms with Crippen molar-refractivity contribution in [1.29, 1.82) is 0 Å². The van der Waals surface area contributed by atoms with Crippen molar-refractivity contribution < 1.29 is 18.3 Å². The van der Waals surface area contributed by atoms with Gasteiger partial charge in [0.2, 0.25) is 0 Å². The molecule has 41 heavy (non-hydrogen) atoms. The molecule has 3 fully saturated rings. The van der Waals surface area contributed by atoms with E-state index in [0.29, 0.717) is 37.3 Å².